The van der Waals surface area contributed by atoms with Crippen molar-refractivity contribution in [3.05, 3.63) is 33.9 Å². The third kappa shape index (κ3) is 3.93. The fourth-order valence-corrected chi connectivity index (χ4v) is 2.59. The lowest BCUT2D eigenvalue weighted by Crippen LogP contribution is -2.13. The molecule has 0 heterocycles. The van der Waals surface area contributed by atoms with E-state index in [0.717, 1.165) is 12.1 Å². The van der Waals surface area contributed by atoms with Crippen molar-refractivity contribution in [1.82, 2.24) is 5.32 Å². The minimum atomic E-state index is -0.374. The van der Waals surface area contributed by atoms with Crippen LogP contribution in [-0.4, -0.2) is 18.1 Å². The fraction of sp³-hybridized carbons (Fsp3) is 0.600. The lowest BCUT2D eigenvalue weighted by atomic mass is 10.1. The number of nitrogens with one attached hydrogen (secondary N) is 1. The molecule has 1 saturated carbocycles. The van der Waals surface area contributed by atoms with Gasteiger partial charge < -0.3 is 10.1 Å². The molecule has 1 aliphatic rings. The van der Waals surface area contributed by atoms with Crippen LogP contribution in [0.3, 0.4) is 0 Å². The molecule has 20 heavy (non-hydrogen) atoms. The molecule has 0 bridgehead atoms. The summed E-state index contributed by atoms with van der Waals surface area (Å²) in [6, 6.07) is 5.11. The van der Waals surface area contributed by atoms with Crippen LogP contribution in [0.5, 0.6) is 5.75 Å². The van der Waals surface area contributed by atoms with Crippen molar-refractivity contribution >= 4 is 5.69 Å². The Morgan fingerprint density at radius 1 is 1.40 bits per heavy atom. The van der Waals surface area contributed by atoms with Gasteiger partial charge in [-0.1, -0.05) is 25.8 Å². The van der Waals surface area contributed by atoms with Crippen LogP contribution in [0.25, 0.3) is 0 Å². The molecule has 0 radical (unpaired) electrons. The summed E-state index contributed by atoms with van der Waals surface area (Å²) in [6.07, 6.45) is 4.84. The largest absolute Gasteiger partial charge is 0.487 e. The van der Waals surface area contributed by atoms with E-state index in [1.807, 2.05) is 6.92 Å². The summed E-state index contributed by atoms with van der Waals surface area (Å²) in [4.78, 5) is 10.7. The van der Waals surface area contributed by atoms with E-state index in [4.69, 9.17) is 4.74 Å². The molecule has 0 saturated heterocycles. The van der Waals surface area contributed by atoms with Crippen molar-refractivity contribution in [3.8, 4) is 5.75 Å². The molecular formula is C15H22N2O3. The third-order valence-corrected chi connectivity index (χ3v) is 3.75. The van der Waals surface area contributed by atoms with Gasteiger partial charge in [0.25, 0.3) is 0 Å². The normalized spacial score (nSPS) is 15.4. The van der Waals surface area contributed by atoms with Crippen molar-refractivity contribution < 1.29 is 9.66 Å². The quantitative estimate of drug-likeness (QED) is 0.614. The predicted octanol–water partition coefficient (Wildman–Crippen LogP) is 3.27. The summed E-state index contributed by atoms with van der Waals surface area (Å²) in [6.45, 7) is 4.19. The van der Waals surface area contributed by atoms with Gasteiger partial charge in [0.05, 0.1) is 11.5 Å². The molecule has 0 unspecified atom stereocenters. The Balaban J connectivity index is 2.06. The maximum atomic E-state index is 11.1. The summed E-state index contributed by atoms with van der Waals surface area (Å²) < 4.78 is 5.73. The molecule has 1 N–H and O–H groups in total. The van der Waals surface area contributed by atoms with E-state index in [0.29, 0.717) is 24.8 Å². The van der Waals surface area contributed by atoms with Gasteiger partial charge >= 0.3 is 5.69 Å². The molecule has 1 aromatic carbocycles. The molecule has 0 atom stereocenters. The number of nitrogens with zero attached hydrogens (tertiary/aromatic N) is 1. The lowest BCUT2D eigenvalue weighted by molar-refractivity contribution is -0.385. The van der Waals surface area contributed by atoms with Gasteiger partial charge in [-0.15, -0.1) is 0 Å². The Morgan fingerprint density at radius 2 is 2.15 bits per heavy atom. The van der Waals surface area contributed by atoms with E-state index < -0.39 is 0 Å². The van der Waals surface area contributed by atoms with E-state index in [-0.39, 0.29) is 10.6 Å². The van der Waals surface area contributed by atoms with E-state index in [2.05, 4.69) is 5.32 Å². The molecule has 2 rings (SSSR count). The summed E-state index contributed by atoms with van der Waals surface area (Å²) in [5.74, 6) is 0.948. The first-order valence-corrected chi connectivity index (χ1v) is 7.31. The van der Waals surface area contributed by atoms with Crippen LogP contribution in [0.15, 0.2) is 18.2 Å². The highest BCUT2D eigenvalue weighted by Gasteiger charge is 2.19. The molecule has 0 aliphatic heterocycles. The Kier molecular flexibility index (Phi) is 5.35. The monoisotopic (exact) mass is 278 g/mol. The predicted molar refractivity (Wildman–Crippen MR) is 77.9 cm³/mol. The van der Waals surface area contributed by atoms with E-state index in [9.17, 15) is 10.1 Å². The summed E-state index contributed by atoms with van der Waals surface area (Å²) in [7, 11) is 0. The van der Waals surface area contributed by atoms with Crippen molar-refractivity contribution in [3.63, 3.8) is 0 Å². The van der Waals surface area contributed by atoms with Crippen LogP contribution in [0.2, 0.25) is 0 Å². The standard InChI is InChI=1S/C15H22N2O3/c1-2-16-10-13-7-8-14(17(18)19)15(9-13)20-11-12-5-3-4-6-12/h7-9,12,16H,2-6,10-11H2,1H3. The van der Waals surface area contributed by atoms with Crippen LogP contribution in [0.4, 0.5) is 5.69 Å². The van der Waals surface area contributed by atoms with Crippen LogP contribution in [-0.2, 0) is 6.54 Å². The molecule has 1 aliphatic carbocycles. The van der Waals surface area contributed by atoms with E-state index in [1.54, 1.807) is 12.1 Å². The molecule has 1 fully saturated rings. The first-order chi connectivity index (χ1) is 9.70. The number of ether oxygens (including phenoxy) is 1. The highest BCUT2D eigenvalue weighted by Crippen LogP contribution is 2.31. The Morgan fingerprint density at radius 3 is 2.80 bits per heavy atom. The molecule has 0 amide bonds. The van der Waals surface area contributed by atoms with Gasteiger partial charge in [-0.05, 0) is 36.9 Å². The van der Waals surface area contributed by atoms with E-state index >= 15 is 0 Å². The smallest absolute Gasteiger partial charge is 0.310 e. The second kappa shape index (κ2) is 7.24. The number of nitro benzene ring substituents is 1. The van der Waals surface area contributed by atoms with Crippen LogP contribution in [0, 0.1) is 16.0 Å². The number of benzene rings is 1. The molecule has 5 heteroatoms. The van der Waals surface area contributed by atoms with Gasteiger partial charge in [-0.2, -0.15) is 0 Å². The molecule has 1 aromatic rings. The zero-order chi connectivity index (χ0) is 14.4. The zero-order valence-electron chi connectivity index (χ0n) is 11.9. The first-order valence-electron chi connectivity index (χ1n) is 7.31. The Hall–Kier alpha value is -1.62. The van der Waals surface area contributed by atoms with Crippen molar-refractivity contribution in [2.75, 3.05) is 13.2 Å². The van der Waals surface area contributed by atoms with Gasteiger partial charge in [0.1, 0.15) is 0 Å². The second-order valence-electron chi connectivity index (χ2n) is 5.30. The highest BCUT2D eigenvalue weighted by atomic mass is 16.6. The summed E-state index contributed by atoms with van der Waals surface area (Å²) in [5, 5.41) is 14.3. The second-order valence-corrected chi connectivity index (χ2v) is 5.30. The number of rotatable bonds is 7. The highest BCUT2D eigenvalue weighted by molar-refractivity contribution is 5.48. The average Bonchev–Trinajstić information content (AvgIpc) is 2.96. The van der Waals surface area contributed by atoms with Gasteiger partial charge in [0.2, 0.25) is 0 Å². The average molecular weight is 278 g/mol. The van der Waals surface area contributed by atoms with Crippen LogP contribution in [0.1, 0.15) is 38.2 Å². The molecule has 110 valence electrons. The Bertz CT molecular complexity index is 456. The third-order valence-electron chi connectivity index (χ3n) is 3.75. The number of nitro groups is 1. The van der Waals surface area contributed by atoms with Gasteiger partial charge in [0, 0.05) is 12.6 Å². The SMILES string of the molecule is CCNCc1ccc([N+](=O)[O-])c(OCC2CCCC2)c1. The van der Waals surface area contributed by atoms with E-state index in [1.165, 1.54) is 31.7 Å². The van der Waals surface area contributed by atoms with Crippen molar-refractivity contribution in [2.45, 2.75) is 39.2 Å². The maximum absolute atomic E-state index is 11.1. The van der Waals surface area contributed by atoms with Crippen molar-refractivity contribution in [1.29, 1.82) is 0 Å². The van der Waals surface area contributed by atoms with Crippen LogP contribution >= 0.6 is 0 Å². The zero-order valence-corrected chi connectivity index (χ0v) is 11.9. The van der Waals surface area contributed by atoms with Crippen LogP contribution < -0.4 is 10.1 Å². The molecular weight excluding hydrogens is 256 g/mol. The molecule has 0 spiro atoms. The number of hydrogen-bond donors (Lipinski definition) is 1. The topological polar surface area (TPSA) is 64.4 Å². The fourth-order valence-electron chi connectivity index (χ4n) is 2.59. The number of hydrogen-bond acceptors (Lipinski definition) is 4. The molecule has 5 nitrogen and oxygen atoms in total. The van der Waals surface area contributed by atoms with Crippen molar-refractivity contribution in [2.24, 2.45) is 5.92 Å². The first kappa shape index (κ1) is 14.8. The minimum Gasteiger partial charge on any atom is -0.487 e. The summed E-state index contributed by atoms with van der Waals surface area (Å²) in [5.41, 5.74) is 1.07. The van der Waals surface area contributed by atoms with Gasteiger partial charge in [-0.3, -0.25) is 10.1 Å². The summed E-state index contributed by atoms with van der Waals surface area (Å²) >= 11 is 0. The van der Waals surface area contributed by atoms with Gasteiger partial charge in [-0.25, -0.2) is 0 Å². The Labute approximate surface area is 119 Å². The van der Waals surface area contributed by atoms with Gasteiger partial charge in [0.15, 0.2) is 5.75 Å². The molecule has 0 aromatic heterocycles. The minimum absolute atomic E-state index is 0.0586. The lowest BCUT2D eigenvalue weighted by Gasteiger charge is -2.12. The maximum Gasteiger partial charge on any atom is 0.310 e.